The zero-order valence-electron chi connectivity index (χ0n) is 16.5. The third kappa shape index (κ3) is 3.61. The van der Waals surface area contributed by atoms with Crippen LogP contribution in [0.25, 0.3) is 0 Å². The van der Waals surface area contributed by atoms with Gasteiger partial charge in [-0.25, -0.2) is 4.79 Å². The van der Waals surface area contributed by atoms with Crippen LogP contribution in [0.3, 0.4) is 0 Å². The Balaban J connectivity index is 1.48. The number of hydrogen-bond acceptors (Lipinski definition) is 5. The summed E-state index contributed by atoms with van der Waals surface area (Å²) >= 11 is 1.53. The average molecular weight is 402 g/mol. The third-order valence-corrected chi connectivity index (χ3v) is 6.90. The number of nitrogens with zero attached hydrogens (tertiary/aromatic N) is 2. The van der Waals surface area contributed by atoms with Gasteiger partial charge in [-0.2, -0.15) is 0 Å². The molecule has 28 heavy (non-hydrogen) atoms. The Morgan fingerprint density at radius 2 is 2.18 bits per heavy atom. The molecule has 150 valence electrons. The second kappa shape index (κ2) is 8.09. The third-order valence-electron chi connectivity index (χ3n) is 5.69. The summed E-state index contributed by atoms with van der Waals surface area (Å²) in [5.41, 5.74) is 2.89. The normalized spacial score (nSPS) is 19.0. The van der Waals surface area contributed by atoms with Gasteiger partial charge in [-0.05, 0) is 63.3 Å². The van der Waals surface area contributed by atoms with Crippen molar-refractivity contribution in [1.29, 1.82) is 0 Å². The molecule has 3 heterocycles. The molecule has 0 bridgehead atoms. The van der Waals surface area contributed by atoms with Gasteiger partial charge in [-0.3, -0.25) is 9.69 Å². The summed E-state index contributed by atoms with van der Waals surface area (Å²) in [6, 6.07) is 4.44. The lowest BCUT2D eigenvalue weighted by molar-refractivity contribution is -0.117. The first-order valence-corrected chi connectivity index (χ1v) is 10.9. The minimum Gasteiger partial charge on any atom is -0.462 e. The highest BCUT2D eigenvalue weighted by molar-refractivity contribution is 7.17. The van der Waals surface area contributed by atoms with Gasteiger partial charge in [0.25, 0.3) is 0 Å². The Hall–Kier alpha value is -2.12. The van der Waals surface area contributed by atoms with Crippen molar-refractivity contribution in [2.75, 3.05) is 25.0 Å². The maximum absolute atomic E-state index is 12.8. The molecule has 1 aliphatic heterocycles. The second-order valence-corrected chi connectivity index (χ2v) is 8.61. The summed E-state index contributed by atoms with van der Waals surface area (Å²) in [7, 11) is 2.05. The zero-order valence-corrected chi connectivity index (χ0v) is 17.3. The molecule has 2 aliphatic rings. The lowest BCUT2D eigenvalue weighted by Crippen LogP contribution is -2.33. The first kappa shape index (κ1) is 19.2. The van der Waals surface area contributed by atoms with Crippen LogP contribution < -0.4 is 5.32 Å². The van der Waals surface area contributed by atoms with Crippen molar-refractivity contribution < 1.29 is 14.3 Å². The van der Waals surface area contributed by atoms with Crippen LogP contribution in [-0.2, 0) is 29.4 Å². The van der Waals surface area contributed by atoms with Gasteiger partial charge in [0.05, 0.1) is 24.8 Å². The molecular weight excluding hydrogens is 374 g/mol. The summed E-state index contributed by atoms with van der Waals surface area (Å²) in [4.78, 5) is 28.7. The van der Waals surface area contributed by atoms with Gasteiger partial charge in [-0.15, -0.1) is 11.3 Å². The van der Waals surface area contributed by atoms with E-state index in [1.165, 1.54) is 21.9 Å². The molecule has 0 radical (unpaired) electrons. The average Bonchev–Trinajstić information content (AvgIpc) is 3.40. The number of thiophene rings is 1. The summed E-state index contributed by atoms with van der Waals surface area (Å²) in [6.07, 6.45) is 7.12. The molecule has 2 aromatic heterocycles. The highest BCUT2D eigenvalue weighted by Crippen LogP contribution is 2.39. The Morgan fingerprint density at radius 3 is 2.93 bits per heavy atom. The number of rotatable bonds is 6. The summed E-state index contributed by atoms with van der Waals surface area (Å²) in [6.45, 7) is 3.39. The number of anilines is 1. The maximum atomic E-state index is 12.8. The van der Waals surface area contributed by atoms with E-state index in [0.717, 1.165) is 44.2 Å². The van der Waals surface area contributed by atoms with Crippen molar-refractivity contribution in [3.8, 4) is 0 Å². The van der Waals surface area contributed by atoms with Crippen molar-refractivity contribution in [2.45, 2.75) is 45.1 Å². The molecule has 0 saturated carbocycles. The summed E-state index contributed by atoms with van der Waals surface area (Å²) in [5.74, 6) is -0.383. The molecular formula is C21H27N3O3S. The number of likely N-dealkylation sites (tertiary alicyclic amines) is 1. The standard InChI is InChI=1S/C21H27N3O3S/c1-3-27-21(26)19-14-7-4-10-17(14)28-20(19)22-18(25)13-24-12-6-9-16(24)15-8-5-11-23(15)2/h5,8,11,16H,3-4,6-7,9-10,12-13H2,1-2H3,(H,22,25)/t16-/m0/s1. The molecule has 0 unspecified atom stereocenters. The summed E-state index contributed by atoms with van der Waals surface area (Å²) < 4.78 is 7.38. The molecule has 1 fully saturated rings. The van der Waals surface area contributed by atoms with E-state index < -0.39 is 0 Å². The van der Waals surface area contributed by atoms with Gasteiger partial charge in [0, 0.05) is 23.8 Å². The molecule has 1 saturated heterocycles. The zero-order chi connectivity index (χ0) is 19.7. The SMILES string of the molecule is CCOC(=O)c1c(NC(=O)CN2CCC[C@H]2c2cccn2C)sc2c1CCC2. The number of aryl methyl sites for hydroxylation is 2. The van der Waals surface area contributed by atoms with Crippen LogP contribution >= 0.6 is 11.3 Å². The van der Waals surface area contributed by atoms with Gasteiger partial charge in [0.2, 0.25) is 5.91 Å². The smallest absolute Gasteiger partial charge is 0.341 e. The van der Waals surface area contributed by atoms with Crippen LogP contribution in [-0.4, -0.2) is 41.0 Å². The Labute approximate surface area is 169 Å². The van der Waals surface area contributed by atoms with Crippen LogP contribution in [0.4, 0.5) is 5.00 Å². The van der Waals surface area contributed by atoms with Crippen LogP contribution in [0, 0.1) is 0 Å². The Bertz CT molecular complexity index is 886. The van der Waals surface area contributed by atoms with E-state index in [2.05, 4.69) is 20.9 Å². The summed E-state index contributed by atoms with van der Waals surface area (Å²) in [5, 5.41) is 3.67. The number of ether oxygens (including phenoxy) is 1. The second-order valence-electron chi connectivity index (χ2n) is 7.50. The number of carbonyl (C=O) groups is 2. The highest BCUT2D eigenvalue weighted by Gasteiger charge is 2.31. The predicted octanol–water partition coefficient (Wildman–Crippen LogP) is 3.53. The largest absolute Gasteiger partial charge is 0.462 e. The van der Waals surface area contributed by atoms with Gasteiger partial charge < -0.3 is 14.6 Å². The fraction of sp³-hybridized carbons (Fsp3) is 0.524. The Kier molecular flexibility index (Phi) is 5.55. The number of hydrogen-bond donors (Lipinski definition) is 1. The van der Waals surface area contributed by atoms with Crippen LogP contribution in [0.1, 0.15) is 58.7 Å². The number of fused-ring (bicyclic) bond motifs is 1. The van der Waals surface area contributed by atoms with Gasteiger partial charge >= 0.3 is 5.97 Å². The van der Waals surface area contributed by atoms with Crippen molar-refractivity contribution in [3.05, 3.63) is 40.0 Å². The van der Waals surface area contributed by atoms with Gasteiger partial charge in [0.15, 0.2) is 0 Å². The molecule has 0 spiro atoms. The van der Waals surface area contributed by atoms with Crippen molar-refractivity contribution >= 4 is 28.2 Å². The van der Waals surface area contributed by atoms with Crippen LogP contribution in [0.15, 0.2) is 18.3 Å². The van der Waals surface area contributed by atoms with E-state index in [0.29, 0.717) is 23.7 Å². The van der Waals surface area contributed by atoms with E-state index in [1.807, 2.05) is 19.3 Å². The maximum Gasteiger partial charge on any atom is 0.341 e. The molecule has 1 atom stereocenters. The monoisotopic (exact) mass is 401 g/mol. The Morgan fingerprint density at radius 1 is 1.32 bits per heavy atom. The van der Waals surface area contributed by atoms with Crippen molar-refractivity contribution in [1.82, 2.24) is 9.47 Å². The lowest BCUT2D eigenvalue weighted by atomic mass is 10.1. The molecule has 0 aromatic carbocycles. The number of carbonyl (C=O) groups excluding carboxylic acids is 2. The fourth-order valence-corrected chi connectivity index (χ4v) is 5.73. The minimum absolute atomic E-state index is 0.0634. The van der Waals surface area contributed by atoms with Crippen LogP contribution in [0.5, 0.6) is 0 Å². The minimum atomic E-state index is -0.319. The number of esters is 1. The molecule has 6 nitrogen and oxygen atoms in total. The van der Waals surface area contributed by atoms with Crippen molar-refractivity contribution in [3.63, 3.8) is 0 Å². The molecule has 1 aliphatic carbocycles. The van der Waals surface area contributed by atoms with E-state index in [-0.39, 0.29) is 17.9 Å². The van der Waals surface area contributed by atoms with Crippen LogP contribution in [0.2, 0.25) is 0 Å². The number of nitrogens with one attached hydrogen (secondary N) is 1. The molecule has 2 aromatic rings. The quantitative estimate of drug-likeness (QED) is 0.752. The molecule has 1 amide bonds. The van der Waals surface area contributed by atoms with E-state index in [9.17, 15) is 9.59 Å². The lowest BCUT2D eigenvalue weighted by Gasteiger charge is -2.24. The first-order valence-electron chi connectivity index (χ1n) is 10.0. The number of aromatic nitrogens is 1. The topological polar surface area (TPSA) is 63.6 Å². The van der Waals surface area contributed by atoms with Crippen molar-refractivity contribution in [2.24, 2.45) is 7.05 Å². The van der Waals surface area contributed by atoms with E-state index in [1.54, 1.807) is 6.92 Å². The van der Waals surface area contributed by atoms with E-state index in [4.69, 9.17) is 4.74 Å². The number of amides is 1. The molecule has 4 rings (SSSR count). The fourth-order valence-electron chi connectivity index (χ4n) is 4.43. The first-order chi connectivity index (χ1) is 13.6. The van der Waals surface area contributed by atoms with Gasteiger partial charge in [-0.1, -0.05) is 0 Å². The predicted molar refractivity (Wildman–Crippen MR) is 110 cm³/mol. The van der Waals surface area contributed by atoms with Gasteiger partial charge in [0.1, 0.15) is 5.00 Å². The molecule has 7 heteroatoms. The highest BCUT2D eigenvalue weighted by atomic mass is 32.1. The molecule has 1 N–H and O–H groups in total. The van der Waals surface area contributed by atoms with E-state index >= 15 is 0 Å².